The van der Waals surface area contributed by atoms with Crippen LogP contribution < -0.4 is 0 Å². The van der Waals surface area contributed by atoms with E-state index < -0.39 is 5.79 Å². The van der Waals surface area contributed by atoms with Crippen LogP contribution in [0.2, 0.25) is 0 Å². The average molecular weight is 248 g/mol. The van der Waals surface area contributed by atoms with Crippen LogP contribution in [0.3, 0.4) is 0 Å². The third-order valence-corrected chi connectivity index (χ3v) is 5.68. The number of cyclic esters (lactones) is 1. The van der Waals surface area contributed by atoms with Crippen molar-refractivity contribution in [2.75, 3.05) is 0 Å². The molecule has 1 unspecified atom stereocenters. The average Bonchev–Trinajstić information content (AvgIpc) is 2.51. The minimum atomic E-state index is -0.739. The monoisotopic (exact) mass is 248 g/mol. The van der Waals surface area contributed by atoms with Gasteiger partial charge in [-0.2, -0.15) is 0 Å². The van der Waals surface area contributed by atoms with Crippen LogP contribution >= 0.6 is 0 Å². The quantitative estimate of drug-likeness (QED) is 0.529. The molecule has 1 heterocycles. The number of carbonyl (C=O) groups excluding carboxylic acids is 1. The molecule has 0 amide bonds. The lowest BCUT2D eigenvalue weighted by Gasteiger charge is -2.56. The minimum absolute atomic E-state index is 0.186. The largest absolute Gasteiger partial charge is 0.445 e. The van der Waals surface area contributed by atoms with Gasteiger partial charge in [0.05, 0.1) is 0 Å². The summed E-state index contributed by atoms with van der Waals surface area (Å²) in [5.74, 6) is 2.68. The fourth-order valence-electron chi connectivity index (χ4n) is 5.47. The van der Waals surface area contributed by atoms with E-state index in [0.29, 0.717) is 17.8 Å². The molecule has 1 atom stereocenters. The van der Waals surface area contributed by atoms with Gasteiger partial charge in [-0.3, -0.25) is 0 Å². The van der Waals surface area contributed by atoms with Crippen molar-refractivity contribution in [2.45, 2.75) is 44.8 Å². The van der Waals surface area contributed by atoms with Crippen LogP contribution in [-0.4, -0.2) is 11.8 Å². The highest BCUT2D eigenvalue weighted by atomic mass is 16.8. The third kappa shape index (κ3) is 1.33. The Morgan fingerprint density at radius 3 is 2.06 bits per heavy atom. The fraction of sp³-hybridized carbons (Fsp3) is 0.800. The van der Waals surface area contributed by atoms with Crippen LogP contribution in [0.5, 0.6) is 0 Å². The van der Waals surface area contributed by atoms with Crippen molar-refractivity contribution in [2.24, 2.45) is 29.6 Å². The lowest BCUT2D eigenvalue weighted by atomic mass is 9.50. The molecule has 3 heteroatoms. The van der Waals surface area contributed by atoms with E-state index in [-0.39, 0.29) is 11.7 Å². The number of rotatable bonds is 1. The second-order valence-electron chi connectivity index (χ2n) is 6.89. The van der Waals surface area contributed by atoms with Crippen LogP contribution in [-0.2, 0) is 14.3 Å². The first-order chi connectivity index (χ1) is 8.55. The summed E-state index contributed by atoms with van der Waals surface area (Å²) in [5, 5.41) is 0. The standard InChI is InChI=1S/C15H20O3/c1-8-14(16)18-15(2,17-8)13-11-4-9-3-10(6-11)7-12(13)5-9/h9-13H,1,3-7H2,2H3. The molecule has 0 aromatic heterocycles. The maximum absolute atomic E-state index is 11.6. The van der Waals surface area contributed by atoms with Gasteiger partial charge in [0, 0.05) is 12.8 Å². The first-order valence-corrected chi connectivity index (χ1v) is 7.16. The molecule has 0 N–H and O–H groups in total. The molecule has 4 saturated carbocycles. The summed E-state index contributed by atoms with van der Waals surface area (Å²) >= 11 is 0. The molecule has 1 aliphatic heterocycles. The number of hydrogen-bond acceptors (Lipinski definition) is 3. The lowest BCUT2D eigenvalue weighted by Crippen LogP contribution is -2.54. The first-order valence-electron chi connectivity index (χ1n) is 7.16. The highest BCUT2D eigenvalue weighted by Gasteiger charge is 2.59. The Hall–Kier alpha value is -0.990. The molecule has 1 saturated heterocycles. The van der Waals surface area contributed by atoms with Gasteiger partial charge in [0.15, 0.2) is 0 Å². The van der Waals surface area contributed by atoms with Gasteiger partial charge >= 0.3 is 5.97 Å². The second-order valence-corrected chi connectivity index (χ2v) is 6.89. The van der Waals surface area contributed by atoms with Crippen molar-refractivity contribution in [1.29, 1.82) is 0 Å². The van der Waals surface area contributed by atoms with E-state index >= 15 is 0 Å². The van der Waals surface area contributed by atoms with E-state index in [1.807, 2.05) is 6.92 Å². The van der Waals surface area contributed by atoms with Gasteiger partial charge in [-0.1, -0.05) is 0 Å². The van der Waals surface area contributed by atoms with Crippen molar-refractivity contribution in [1.82, 2.24) is 0 Å². The van der Waals surface area contributed by atoms with Crippen LogP contribution in [0, 0.1) is 29.6 Å². The molecule has 5 fully saturated rings. The Bertz CT molecular complexity index is 381. The van der Waals surface area contributed by atoms with Gasteiger partial charge in [-0.15, -0.1) is 0 Å². The number of ether oxygens (including phenoxy) is 2. The van der Waals surface area contributed by atoms with Gasteiger partial charge in [-0.05, 0) is 62.4 Å². The molecule has 4 bridgehead atoms. The van der Waals surface area contributed by atoms with Gasteiger partial charge in [-0.25, -0.2) is 4.79 Å². The zero-order valence-corrected chi connectivity index (χ0v) is 10.9. The van der Waals surface area contributed by atoms with E-state index in [4.69, 9.17) is 9.47 Å². The molecule has 4 aliphatic carbocycles. The maximum Gasteiger partial charge on any atom is 0.376 e. The molecule has 5 rings (SSSR count). The summed E-state index contributed by atoms with van der Waals surface area (Å²) in [7, 11) is 0. The second kappa shape index (κ2) is 3.31. The van der Waals surface area contributed by atoms with Crippen LogP contribution in [0.15, 0.2) is 12.3 Å². The normalized spacial score (nSPS) is 53.5. The summed E-state index contributed by atoms with van der Waals surface area (Å²) in [5.41, 5.74) is 0. The van der Waals surface area contributed by atoms with Crippen LogP contribution in [0.25, 0.3) is 0 Å². The molecule has 0 spiro atoms. The Kier molecular flexibility index (Phi) is 2.00. The SMILES string of the molecule is C=C1OC(C)(C2C3CC4CC(C3)CC2C4)OC1=O. The topological polar surface area (TPSA) is 35.5 Å². The van der Waals surface area contributed by atoms with E-state index in [2.05, 4.69) is 6.58 Å². The fourth-order valence-corrected chi connectivity index (χ4v) is 5.47. The van der Waals surface area contributed by atoms with Crippen LogP contribution in [0.4, 0.5) is 0 Å². The van der Waals surface area contributed by atoms with E-state index in [1.165, 1.54) is 32.1 Å². The van der Waals surface area contributed by atoms with E-state index in [9.17, 15) is 4.79 Å². The Balaban J connectivity index is 1.65. The molecule has 0 aromatic carbocycles. The molecule has 3 nitrogen and oxygen atoms in total. The number of carbonyl (C=O) groups is 1. The number of esters is 1. The zero-order valence-electron chi connectivity index (χ0n) is 10.9. The van der Waals surface area contributed by atoms with E-state index in [1.54, 1.807) is 0 Å². The molecular weight excluding hydrogens is 228 g/mol. The smallest absolute Gasteiger partial charge is 0.376 e. The Morgan fingerprint density at radius 2 is 1.61 bits per heavy atom. The van der Waals surface area contributed by atoms with Gasteiger partial charge in [0.25, 0.3) is 5.79 Å². The van der Waals surface area contributed by atoms with Crippen molar-refractivity contribution in [3.8, 4) is 0 Å². The Morgan fingerprint density at radius 1 is 1.06 bits per heavy atom. The Labute approximate surface area is 108 Å². The van der Waals surface area contributed by atoms with Gasteiger partial charge < -0.3 is 9.47 Å². The predicted octanol–water partition coefficient (Wildman–Crippen LogP) is 2.86. The number of hydrogen-bond donors (Lipinski definition) is 0. The molecule has 98 valence electrons. The summed E-state index contributed by atoms with van der Waals surface area (Å²) in [6.07, 6.45) is 6.66. The maximum atomic E-state index is 11.6. The summed E-state index contributed by atoms with van der Waals surface area (Å²) in [6.45, 7) is 5.59. The molecule has 0 radical (unpaired) electrons. The zero-order chi connectivity index (χ0) is 12.5. The summed E-state index contributed by atoms with van der Waals surface area (Å²) in [6, 6.07) is 0. The van der Waals surface area contributed by atoms with Gasteiger partial charge in [0.2, 0.25) is 5.76 Å². The summed E-state index contributed by atoms with van der Waals surface area (Å²) in [4.78, 5) is 11.6. The van der Waals surface area contributed by atoms with Crippen LogP contribution in [0.1, 0.15) is 39.0 Å². The molecule has 18 heavy (non-hydrogen) atoms. The molecule has 0 aromatic rings. The minimum Gasteiger partial charge on any atom is -0.445 e. The van der Waals surface area contributed by atoms with Crippen molar-refractivity contribution < 1.29 is 14.3 Å². The van der Waals surface area contributed by atoms with E-state index in [0.717, 1.165) is 11.8 Å². The van der Waals surface area contributed by atoms with Crippen molar-refractivity contribution in [3.05, 3.63) is 12.3 Å². The van der Waals surface area contributed by atoms with Gasteiger partial charge in [0.1, 0.15) is 0 Å². The summed E-state index contributed by atoms with van der Waals surface area (Å²) < 4.78 is 11.2. The molecular formula is C15H20O3. The highest BCUT2D eigenvalue weighted by molar-refractivity contribution is 5.87. The third-order valence-electron chi connectivity index (χ3n) is 5.68. The van der Waals surface area contributed by atoms with Crippen molar-refractivity contribution in [3.63, 3.8) is 0 Å². The lowest BCUT2D eigenvalue weighted by molar-refractivity contribution is -0.231. The first kappa shape index (κ1) is 10.9. The predicted molar refractivity (Wildman–Crippen MR) is 65.3 cm³/mol. The van der Waals surface area contributed by atoms with Crippen molar-refractivity contribution >= 4 is 5.97 Å². The molecule has 5 aliphatic rings. The highest BCUT2D eigenvalue weighted by Crippen LogP contribution is 2.60.